The summed E-state index contributed by atoms with van der Waals surface area (Å²) in [5.74, 6) is -0.398. The summed E-state index contributed by atoms with van der Waals surface area (Å²) in [6, 6.07) is 14.1. The number of anilines is 1. The highest BCUT2D eigenvalue weighted by Gasteiger charge is 2.29. The van der Waals surface area contributed by atoms with Gasteiger partial charge in [0, 0.05) is 30.6 Å². The minimum atomic E-state index is -3.53. The molecule has 0 spiro atoms. The smallest absolute Gasteiger partial charge is 0.242 e. The van der Waals surface area contributed by atoms with Crippen LogP contribution in [0.15, 0.2) is 48.5 Å². The van der Waals surface area contributed by atoms with Crippen LogP contribution >= 0.6 is 11.6 Å². The number of sulfonamides is 1. The fourth-order valence-corrected chi connectivity index (χ4v) is 5.85. The first-order valence-electron chi connectivity index (χ1n) is 13.0. The molecule has 0 heterocycles. The minimum absolute atomic E-state index is 0.102. The number of benzene rings is 2. The molecule has 3 rings (SSSR count). The van der Waals surface area contributed by atoms with E-state index in [1.54, 1.807) is 30.0 Å². The number of halogens is 1. The van der Waals surface area contributed by atoms with Crippen LogP contribution in [0.3, 0.4) is 0 Å². The first-order valence-corrected chi connectivity index (χ1v) is 15.2. The molecule has 7 nitrogen and oxygen atoms in total. The largest absolute Gasteiger partial charge is 0.352 e. The fourth-order valence-electron chi connectivity index (χ4n) is 4.69. The number of amides is 2. The van der Waals surface area contributed by atoms with Gasteiger partial charge in [0.25, 0.3) is 0 Å². The van der Waals surface area contributed by atoms with Gasteiger partial charge in [0.2, 0.25) is 21.8 Å². The van der Waals surface area contributed by atoms with E-state index in [1.807, 2.05) is 37.3 Å². The van der Waals surface area contributed by atoms with E-state index in [0.29, 0.717) is 17.1 Å². The van der Waals surface area contributed by atoms with E-state index in [2.05, 4.69) is 5.32 Å². The van der Waals surface area contributed by atoms with Crippen LogP contribution in [0.5, 0.6) is 0 Å². The number of hydrogen-bond donors (Lipinski definition) is 1. The van der Waals surface area contributed by atoms with Crippen LogP contribution in [0, 0.1) is 0 Å². The Morgan fingerprint density at radius 3 is 2.32 bits per heavy atom. The minimum Gasteiger partial charge on any atom is -0.352 e. The van der Waals surface area contributed by atoms with Crippen LogP contribution in [-0.4, -0.2) is 50.0 Å². The molecule has 0 aliphatic heterocycles. The number of carbonyl (C=O) groups is 2. The van der Waals surface area contributed by atoms with E-state index in [1.165, 1.54) is 10.6 Å². The number of carbonyl (C=O) groups excluding carboxylic acids is 2. The zero-order valence-corrected chi connectivity index (χ0v) is 23.5. The Morgan fingerprint density at radius 2 is 1.73 bits per heavy atom. The predicted molar refractivity (Wildman–Crippen MR) is 149 cm³/mol. The quantitative estimate of drug-likeness (QED) is 0.408. The zero-order valence-electron chi connectivity index (χ0n) is 22.0. The summed E-state index contributed by atoms with van der Waals surface area (Å²) >= 11 is 6.37. The molecule has 0 saturated heterocycles. The van der Waals surface area contributed by atoms with Crippen molar-refractivity contribution < 1.29 is 18.0 Å². The van der Waals surface area contributed by atoms with Gasteiger partial charge in [0.05, 0.1) is 11.9 Å². The second-order valence-corrected chi connectivity index (χ2v) is 12.1. The molecular formula is C28H38ClN3O4S. The maximum atomic E-state index is 13.4. The van der Waals surface area contributed by atoms with E-state index in [4.69, 9.17) is 11.6 Å². The molecule has 1 N–H and O–H groups in total. The van der Waals surface area contributed by atoms with Crippen LogP contribution in [0.1, 0.15) is 63.5 Å². The molecule has 1 fully saturated rings. The van der Waals surface area contributed by atoms with Crippen LogP contribution in [0.25, 0.3) is 0 Å². The topological polar surface area (TPSA) is 86.8 Å². The van der Waals surface area contributed by atoms with Crippen molar-refractivity contribution in [2.45, 2.75) is 77.4 Å². The molecule has 2 aromatic rings. The summed E-state index contributed by atoms with van der Waals surface area (Å²) in [5, 5.41) is 3.62. The van der Waals surface area contributed by atoms with Gasteiger partial charge in [-0.25, -0.2) is 8.42 Å². The highest BCUT2D eigenvalue weighted by Crippen LogP contribution is 2.23. The van der Waals surface area contributed by atoms with Crippen LogP contribution in [0.4, 0.5) is 5.69 Å². The summed E-state index contributed by atoms with van der Waals surface area (Å²) in [4.78, 5) is 28.0. The van der Waals surface area contributed by atoms with Crippen molar-refractivity contribution in [2.24, 2.45) is 0 Å². The third-order valence-corrected chi connectivity index (χ3v) is 8.51. The fraction of sp³-hybridized carbons (Fsp3) is 0.500. The lowest BCUT2D eigenvalue weighted by Gasteiger charge is -2.30. The maximum Gasteiger partial charge on any atom is 0.242 e. The molecular weight excluding hydrogens is 510 g/mol. The van der Waals surface area contributed by atoms with E-state index in [-0.39, 0.29) is 37.4 Å². The van der Waals surface area contributed by atoms with Gasteiger partial charge in [-0.05, 0) is 61.9 Å². The molecule has 37 heavy (non-hydrogen) atoms. The van der Waals surface area contributed by atoms with E-state index >= 15 is 0 Å². The standard InChI is InChI=1S/C28H38ClN3O4S/c1-4-22-15-17-25(18-16-22)32(37(3,35)36)19-9-14-27(33)31(20-23-10-5-8-13-26(23)29)21(2)28(34)30-24-11-6-7-12-24/h5,8,10,13,15-18,21,24H,4,6-7,9,11-12,14,19-20H2,1-3H3,(H,30,34)/t21-/m1/s1. The SMILES string of the molecule is CCc1ccc(N(CCCC(=O)N(Cc2ccccc2Cl)[C@H](C)C(=O)NC2CCCC2)S(C)(=O)=O)cc1. The lowest BCUT2D eigenvalue weighted by Crippen LogP contribution is -2.49. The summed E-state index contributed by atoms with van der Waals surface area (Å²) in [6.45, 7) is 4.14. The first kappa shape index (κ1) is 29.0. The molecule has 0 radical (unpaired) electrons. The summed E-state index contributed by atoms with van der Waals surface area (Å²) in [5.41, 5.74) is 2.45. The normalized spacial score (nSPS) is 14.8. The Labute approximate surface area is 226 Å². The van der Waals surface area contributed by atoms with E-state index < -0.39 is 16.1 Å². The summed E-state index contributed by atoms with van der Waals surface area (Å²) in [6.07, 6.45) is 6.55. The van der Waals surface area contributed by atoms with E-state index in [0.717, 1.165) is 43.2 Å². The van der Waals surface area contributed by atoms with Gasteiger partial charge in [0.15, 0.2) is 0 Å². The predicted octanol–water partition coefficient (Wildman–Crippen LogP) is 4.92. The van der Waals surface area contributed by atoms with Crippen molar-refractivity contribution in [3.8, 4) is 0 Å². The van der Waals surface area contributed by atoms with Gasteiger partial charge in [-0.15, -0.1) is 0 Å². The Balaban J connectivity index is 1.72. The van der Waals surface area contributed by atoms with Gasteiger partial charge in [-0.1, -0.05) is 61.7 Å². The van der Waals surface area contributed by atoms with Crippen molar-refractivity contribution >= 4 is 39.1 Å². The summed E-state index contributed by atoms with van der Waals surface area (Å²) in [7, 11) is -3.53. The van der Waals surface area contributed by atoms with Gasteiger partial charge in [0.1, 0.15) is 6.04 Å². The lowest BCUT2D eigenvalue weighted by atomic mass is 10.1. The molecule has 202 valence electrons. The third-order valence-electron chi connectivity index (χ3n) is 6.95. The molecule has 2 amide bonds. The van der Waals surface area contributed by atoms with Crippen LogP contribution < -0.4 is 9.62 Å². The molecule has 1 aliphatic carbocycles. The van der Waals surface area contributed by atoms with Crippen molar-refractivity contribution in [1.82, 2.24) is 10.2 Å². The average molecular weight is 548 g/mol. The number of nitrogens with zero attached hydrogens (tertiary/aromatic N) is 2. The van der Waals surface area contributed by atoms with Gasteiger partial charge < -0.3 is 10.2 Å². The van der Waals surface area contributed by atoms with Gasteiger partial charge >= 0.3 is 0 Å². The van der Waals surface area contributed by atoms with Crippen molar-refractivity contribution in [3.05, 3.63) is 64.7 Å². The first-order chi connectivity index (χ1) is 17.6. The molecule has 1 saturated carbocycles. The van der Waals surface area contributed by atoms with Crippen LogP contribution in [-0.2, 0) is 32.6 Å². The Bertz CT molecular complexity index is 1160. The van der Waals surface area contributed by atoms with Crippen molar-refractivity contribution in [3.63, 3.8) is 0 Å². The molecule has 0 aromatic heterocycles. The summed E-state index contributed by atoms with van der Waals surface area (Å²) < 4.78 is 26.3. The number of aryl methyl sites for hydroxylation is 1. The zero-order chi connectivity index (χ0) is 27.0. The molecule has 0 bridgehead atoms. The maximum absolute atomic E-state index is 13.4. The monoisotopic (exact) mass is 547 g/mol. The van der Waals surface area contributed by atoms with Crippen molar-refractivity contribution in [1.29, 1.82) is 0 Å². The van der Waals surface area contributed by atoms with Gasteiger partial charge in [-0.3, -0.25) is 13.9 Å². The number of hydrogen-bond acceptors (Lipinski definition) is 4. The van der Waals surface area contributed by atoms with E-state index in [9.17, 15) is 18.0 Å². The second-order valence-electron chi connectivity index (χ2n) is 9.74. The van der Waals surface area contributed by atoms with Crippen molar-refractivity contribution in [2.75, 3.05) is 17.1 Å². The highest BCUT2D eigenvalue weighted by molar-refractivity contribution is 7.92. The Hall–Kier alpha value is -2.58. The molecule has 1 atom stereocenters. The van der Waals surface area contributed by atoms with Gasteiger partial charge in [-0.2, -0.15) is 0 Å². The average Bonchev–Trinajstić information content (AvgIpc) is 3.38. The molecule has 1 aliphatic rings. The highest BCUT2D eigenvalue weighted by atomic mass is 35.5. The second kappa shape index (κ2) is 13.3. The molecule has 2 aromatic carbocycles. The Kier molecular flexibility index (Phi) is 10.4. The lowest BCUT2D eigenvalue weighted by molar-refractivity contribution is -0.140. The van der Waals surface area contributed by atoms with Crippen LogP contribution in [0.2, 0.25) is 5.02 Å². The third kappa shape index (κ3) is 8.20. The number of rotatable bonds is 12. The molecule has 9 heteroatoms. The Morgan fingerprint density at radius 1 is 1.08 bits per heavy atom. The number of nitrogens with one attached hydrogen (secondary N) is 1. The molecule has 0 unspecified atom stereocenters.